The highest BCUT2D eigenvalue weighted by atomic mass is 17.2. The Hall–Kier alpha value is -0.800. The van der Waals surface area contributed by atoms with Crippen LogP contribution in [-0.2, 0) is 9.78 Å². The van der Waals surface area contributed by atoms with E-state index in [0.29, 0.717) is 47.3 Å². The Morgan fingerprint density at radius 3 is 2.52 bits per heavy atom. The van der Waals surface area contributed by atoms with Crippen molar-refractivity contribution >= 4 is 0 Å². The molecule has 5 rings (SSSR count). The zero-order valence-corrected chi connectivity index (χ0v) is 20.6. The standard InChI is InChI=1S/C28H44O3/c1-17(2)18(3)7-8-19(4)21-9-10-22-25-23(12-13-26(21,22)5)27(6)14-11-20(29)15-28(27)16-24(25)30-31-28/h7-8,16-23,25,29H,9-15H2,1-6H3/t18-,19+,20-,21+,22-,23-,25-,26+,27+,28?/m0/s1. The predicted octanol–water partition coefficient (Wildman–Crippen LogP) is 6.68. The molecule has 3 heteroatoms. The van der Waals surface area contributed by atoms with Gasteiger partial charge in [0.05, 0.1) is 6.10 Å². The molecule has 174 valence electrons. The van der Waals surface area contributed by atoms with Crippen molar-refractivity contribution in [2.24, 2.45) is 52.3 Å². The molecular weight excluding hydrogens is 384 g/mol. The molecule has 31 heavy (non-hydrogen) atoms. The summed E-state index contributed by atoms with van der Waals surface area (Å²) in [6.07, 6.45) is 14.9. The number of rotatable bonds is 4. The maximum Gasteiger partial charge on any atom is 0.145 e. The van der Waals surface area contributed by atoms with E-state index in [4.69, 9.17) is 9.78 Å². The quantitative estimate of drug-likeness (QED) is 0.401. The lowest BCUT2D eigenvalue weighted by molar-refractivity contribution is -0.332. The van der Waals surface area contributed by atoms with E-state index < -0.39 is 5.60 Å². The van der Waals surface area contributed by atoms with Crippen LogP contribution in [0.5, 0.6) is 0 Å². The van der Waals surface area contributed by atoms with Crippen LogP contribution in [0.4, 0.5) is 0 Å². The summed E-state index contributed by atoms with van der Waals surface area (Å²) >= 11 is 0. The van der Waals surface area contributed by atoms with Crippen molar-refractivity contribution in [2.45, 2.75) is 98.2 Å². The van der Waals surface area contributed by atoms with Gasteiger partial charge >= 0.3 is 0 Å². The van der Waals surface area contributed by atoms with Crippen molar-refractivity contribution in [2.75, 3.05) is 0 Å². The molecule has 1 N–H and O–H groups in total. The fourth-order valence-electron chi connectivity index (χ4n) is 8.63. The minimum atomic E-state index is -0.407. The SMILES string of the molecule is CC(C)[C@@H](C)C=C[C@@H](C)[C@H]1CC[C@H]2[C@@H]3C4=CC5(C[C@@H](O)CC[C@]5(C)[C@H]3CC[C@]12C)OO4. The van der Waals surface area contributed by atoms with Crippen molar-refractivity contribution in [1.82, 2.24) is 0 Å². The van der Waals surface area contributed by atoms with Crippen LogP contribution in [0.2, 0.25) is 0 Å². The minimum Gasteiger partial charge on any atom is -0.393 e. The first-order valence-electron chi connectivity index (χ1n) is 13.1. The molecule has 4 aliphatic carbocycles. The van der Waals surface area contributed by atoms with Crippen LogP contribution in [0, 0.1) is 52.3 Å². The Balaban J connectivity index is 1.43. The van der Waals surface area contributed by atoms with E-state index in [9.17, 15) is 5.11 Å². The normalized spacial score (nSPS) is 50.5. The second-order valence-electron chi connectivity index (χ2n) is 12.7. The average Bonchev–Trinajstić information content (AvgIpc) is 3.27. The first-order chi connectivity index (χ1) is 14.6. The van der Waals surface area contributed by atoms with Crippen LogP contribution in [0.3, 0.4) is 0 Å². The summed E-state index contributed by atoms with van der Waals surface area (Å²) in [6.45, 7) is 14.5. The van der Waals surface area contributed by atoms with Gasteiger partial charge in [-0.25, -0.2) is 0 Å². The summed E-state index contributed by atoms with van der Waals surface area (Å²) in [5, 5.41) is 10.4. The molecule has 0 saturated heterocycles. The topological polar surface area (TPSA) is 38.7 Å². The molecule has 1 heterocycles. The zero-order chi connectivity index (χ0) is 22.2. The second-order valence-corrected chi connectivity index (χ2v) is 12.7. The van der Waals surface area contributed by atoms with Gasteiger partial charge in [0, 0.05) is 17.8 Å². The molecule has 1 aliphatic heterocycles. The maximum atomic E-state index is 10.4. The van der Waals surface area contributed by atoms with E-state index in [1.807, 2.05) is 0 Å². The molecule has 1 spiro atoms. The first kappa shape index (κ1) is 22.0. The lowest BCUT2D eigenvalue weighted by atomic mass is 9.44. The van der Waals surface area contributed by atoms with E-state index in [2.05, 4.69) is 59.8 Å². The maximum absolute atomic E-state index is 10.4. The molecule has 10 atom stereocenters. The van der Waals surface area contributed by atoms with Gasteiger partial charge in [-0.05, 0) is 85.5 Å². The second kappa shape index (κ2) is 7.35. The van der Waals surface area contributed by atoms with Crippen molar-refractivity contribution in [3.05, 3.63) is 24.0 Å². The van der Waals surface area contributed by atoms with Gasteiger partial charge < -0.3 is 9.99 Å². The van der Waals surface area contributed by atoms with Crippen LogP contribution in [0.15, 0.2) is 24.0 Å². The lowest BCUT2D eigenvalue weighted by Crippen LogP contribution is -2.60. The third-order valence-electron chi connectivity index (χ3n) is 11.1. The Kier molecular flexibility index (Phi) is 5.22. The lowest BCUT2D eigenvalue weighted by Gasteiger charge is -2.59. The van der Waals surface area contributed by atoms with Crippen molar-refractivity contribution in [1.29, 1.82) is 0 Å². The molecule has 1 unspecified atom stereocenters. The van der Waals surface area contributed by atoms with E-state index in [-0.39, 0.29) is 11.5 Å². The largest absolute Gasteiger partial charge is 0.393 e. The van der Waals surface area contributed by atoms with E-state index >= 15 is 0 Å². The van der Waals surface area contributed by atoms with Gasteiger partial charge in [0.2, 0.25) is 0 Å². The van der Waals surface area contributed by atoms with Gasteiger partial charge in [-0.2, -0.15) is 4.89 Å². The molecule has 0 aromatic heterocycles. The van der Waals surface area contributed by atoms with Crippen LogP contribution in [-0.4, -0.2) is 16.8 Å². The molecule has 0 aromatic rings. The van der Waals surface area contributed by atoms with E-state index in [0.717, 1.165) is 24.5 Å². The third-order valence-corrected chi connectivity index (χ3v) is 11.1. The number of hydrogen-bond acceptors (Lipinski definition) is 3. The van der Waals surface area contributed by atoms with Crippen molar-refractivity contribution in [3.8, 4) is 0 Å². The number of hydrogen-bond donors (Lipinski definition) is 1. The van der Waals surface area contributed by atoms with Crippen molar-refractivity contribution in [3.63, 3.8) is 0 Å². The van der Waals surface area contributed by atoms with Gasteiger partial charge in [0.15, 0.2) is 0 Å². The third kappa shape index (κ3) is 3.05. The van der Waals surface area contributed by atoms with Gasteiger partial charge in [-0.15, -0.1) is 0 Å². The molecular formula is C28H44O3. The van der Waals surface area contributed by atoms with Gasteiger partial charge in [0.1, 0.15) is 11.4 Å². The van der Waals surface area contributed by atoms with Crippen LogP contribution in [0.1, 0.15) is 86.5 Å². The Morgan fingerprint density at radius 1 is 1.00 bits per heavy atom. The summed E-state index contributed by atoms with van der Waals surface area (Å²) < 4.78 is 0. The zero-order valence-electron chi connectivity index (χ0n) is 20.6. The number of aliphatic hydroxyl groups is 1. The molecule has 3 fully saturated rings. The van der Waals surface area contributed by atoms with Gasteiger partial charge in [0.25, 0.3) is 0 Å². The van der Waals surface area contributed by atoms with E-state index in [1.165, 1.54) is 25.7 Å². The highest BCUT2D eigenvalue weighted by Crippen LogP contribution is 2.71. The highest BCUT2D eigenvalue weighted by molar-refractivity contribution is 5.30. The summed E-state index contributed by atoms with van der Waals surface area (Å²) in [5.74, 6) is 5.63. The molecule has 0 aromatic carbocycles. The molecule has 3 saturated carbocycles. The molecule has 3 nitrogen and oxygen atoms in total. The molecule has 0 amide bonds. The van der Waals surface area contributed by atoms with Crippen LogP contribution < -0.4 is 0 Å². The monoisotopic (exact) mass is 428 g/mol. The minimum absolute atomic E-state index is 0.0779. The molecule has 0 radical (unpaired) electrons. The number of aliphatic hydroxyl groups excluding tert-OH is 1. The fraction of sp³-hybridized carbons (Fsp3) is 0.857. The average molecular weight is 429 g/mol. The predicted molar refractivity (Wildman–Crippen MR) is 124 cm³/mol. The summed E-state index contributed by atoms with van der Waals surface area (Å²) in [7, 11) is 0. The first-order valence-corrected chi connectivity index (χ1v) is 13.1. The Bertz CT molecular complexity index is 770. The highest BCUT2D eigenvalue weighted by Gasteiger charge is 2.69. The Labute approximate surface area is 189 Å². The number of fused-ring (bicyclic) bond motifs is 5. The Morgan fingerprint density at radius 2 is 1.77 bits per heavy atom. The van der Waals surface area contributed by atoms with Crippen LogP contribution >= 0.6 is 0 Å². The molecule has 2 bridgehead atoms. The smallest absolute Gasteiger partial charge is 0.145 e. The summed E-state index contributed by atoms with van der Waals surface area (Å²) in [5.41, 5.74) is 0.0494. The van der Waals surface area contributed by atoms with Crippen LogP contribution in [0.25, 0.3) is 0 Å². The summed E-state index contributed by atoms with van der Waals surface area (Å²) in [4.78, 5) is 12.1. The number of allylic oxidation sites excluding steroid dienone is 3. The van der Waals surface area contributed by atoms with Gasteiger partial charge in [-0.3, -0.25) is 0 Å². The fourth-order valence-corrected chi connectivity index (χ4v) is 8.63. The molecule has 5 aliphatic rings. The van der Waals surface area contributed by atoms with E-state index in [1.54, 1.807) is 0 Å². The van der Waals surface area contributed by atoms with Gasteiger partial charge in [-0.1, -0.05) is 53.7 Å². The van der Waals surface area contributed by atoms with Crippen molar-refractivity contribution < 1.29 is 14.9 Å². The summed E-state index contributed by atoms with van der Waals surface area (Å²) in [6, 6.07) is 0.